The normalized spacial score (nSPS) is 10.3. The van der Waals surface area contributed by atoms with Crippen LogP contribution in [0.1, 0.15) is 11.1 Å². The topological polar surface area (TPSA) is 91.6 Å². The molecule has 0 aliphatic rings. The number of nitriles is 1. The van der Waals surface area contributed by atoms with Crippen molar-refractivity contribution in [2.45, 2.75) is 6.42 Å². The summed E-state index contributed by atoms with van der Waals surface area (Å²) in [6, 6.07) is 19.2. The third-order valence-electron chi connectivity index (χ3n) is 4.60. The predicted molar refractivity (Wildman–Crippen MR) is 114 cm³/mol. The molecule has 0 spiro atoms. The summed E-state index contributed by atoms with van der Waals surface area (Å²) in [5.74, 6) is -0.454. The fraction of sp³-hybridized carbons (Fsp3) is 0.0417. The van der Waals surface area contributed by atoms with E-state index in [1.54, 1.807) is 42.7 Å². The first-order chi connectivity index (χ1) is 15.1. The Labute approximate surface area is 178 Å². The van der Waals surface area contributed by atoms with E-state index < -0.39 is 5.95 Å². The lowest BCUT2D eigenvalue weighted by atomic mass is 9.98. The third kappa shape index (κ3) is 4.77. The molecule has 1 aromatic carbocycles. The zero-order valence-corrected chi connectivity index (χ0v) is 16.3. The van der Waals surface area contributed by atoms with Gasteiger partial charge in [-0.3, -0.25) is 9.78 Å². The van der Waals surface area contributed by atoms with Crippen molar-refractivity contribution in [3.05, 3.63) is 96.3 Å². The minimum absolute atomic E-state index is 0.0728. The third-order valence-corrected chi connectivity index (χ3v) is 4.60. The molecule has 0 bridgehead atoms. The minimum Gasteiger partial charge on any atom is -0.310 e. The van der Waals surface area contributed by atoms with Gasteiger partial charge in [0.25, 0.3) is 0 Å². The van der Waals surface area contributed by atoms with Crippen LogP contribution in [-0.4, -0.2) is 20.9 Å². The van der Waals surface area contributed by atoms with Gasteiger partial charge in [-0.1, -0.05) is 18.2 Å². The van der Waals surface area contributed by atoms with E-state index in [0.29, 0.717) is 28.1 Å². The fourth-order valence-electron chi connectivity index (χ4n) is 3.14. The predicted octanol–water partition coefficient (Wildman–Crippen LogP) is 4.40. The molecule has 150 valence electrons. The molecule has 31 heavy (non-hydrogen) atoms. The molecule has 0 unspecified atom stereocenters. The summed E-state index contributed by atoms with van der Waals surface area (Å²) < 4.78 is 13.4. The van der Waals surface area contributed by atoms with Gasteiger partial charge < -0.3 is 5.32 Å². The number of anilines is 1. The van der Waals surface area contributed by atoms with E-state index >= 15 is 0 Å². The first-order valence-corrected chi connectivity index (χ1v) is 9.44. The molecule has 4 rings (SSSR count). The van der Waals surface area contributed by atoms with E-state index in [1.165, 1.54) is 12.3 Å². The molecule has 1 amide bonds. The van der Waals surface area contributed by atoms with Crippen LogP contribution in [0.3, 0.4) is 0 Å². The van der Waals surface area contributed by atoms with Crippen molar-refractivity contribution in [2.75, 3.05) is 5.32 Å². The number of aromatic nitrogens is 3. The summed E-state index contributed by atoms with van der Waals surface area (Å²) in [5, 5.41) is 12.2. The van der Waals surface area contributed by atoms with Crippen LogP contribution in [0, 0.1) is 17.3 Å². The molecule has 0 fully saturated rings. The van der Waals surface area contributed by atoms with E-state index in [9.17, 15) is 14.4 Å². The van der Waals surface area contributed by atoms with Gasteiger partial charge in [0.05, 0.1) is 23.7 Å². The van der Waals surface area contributed by atoms with Gasteiger partial charge >= 0.3 is 0 Å². The van der Waals surface area contributed by atoms with Crippen LogP contribution in [0.15, 0.2) is 79.3 Å². The van der Waals surface area contributed by atoms with Crippen LogP contribution in [0.4, 0.5) is 10.2 Å². The number of rotatable bonds is 5. The van der Waals surface area contributed by atoms with Gasteiger partial charge in [0.15, 0.2) is 0 Å². The summed E-state index contributed by atoms with van der Waals surface area (Å²) in [7, 11) is 0. The number of nitrogens with one attached hydrogen (secondary N) is 1. The van der Waals surface area contributed by atoms with E-state index in [1.807, 2.05) is 24.3 Å². The van der Waals surface area contributed by atoms with E-state index in [0.717, 1.165) is 11.3 Å². The molecule has 3 heterocycles. The summed E-state index contributed by atoms with van der Waals surface area (Å²) in [6.07, 6.45) is 4.77. The average Bonchev–Trinajstić information content (AvgIpc) is 2.80. The minimum atomic E-state index is -0.619. The fourth-order valence-corrected chi connectivity index (χ4v) is 3.14. The Kier molecular flexibility index (Phi) is 5.72. The van der Waals surface area contributed by atoms with E-state index in [-0.39, 0.29) is 12.3 Å². The largest absolute Gasteiger partial charge is 0.310 e. The maximum atomic E-state index is 13.4. The quantitative estimate of drug-likeness (QED) is 0.494. The van der Waals surface area contributed by atoms with Crippen LogP contribution in [0.5, 0.6) is 0 Å². The van der Waals surface area contributed by atoms with Gasteiger partial charge in [0.2, 0.25) is 11.9 Å². The van der Waals surface area contributed by atoms with Gasteiger partial charge in [-0.05, 0) is 53.1 Å². The van der Waals surface area contributed by atoms with Crippen molar-refractivity contribution in [1.82, 2.24) is 15.0 Å². The van der Waals surface area contributed by atoms with E-state index in [2.05, 4.69) is 26.3 Å². The first kappa shape index (κ1) is 19.9. The molecular formula is C24H16FN5O. The SMILES string of the molecule is N#Cc1cc(CC(=O)Nc2ccc(-c3ccccn3)cn2)ccc1-c1ccnc(F)c1. The Balaban J connectivity index is 1.46. The van der Waals surface area contributed by atoms with Crippen molar-refractivity contribution in [3.8, 4) is 28.5 Å². The van der Waals surface area contributed by atoms with Crippen LogP contribution < -0.4 is 5.32 Å². The van der Waals surface area contributed by atoms with Gasteiger partial charge in [0.1, 0.15) is 5.82 Å². The van der Waals surface area contributed by atoms with Crippen LogP contribution >= 0.6 is 0 Å². The zero-order chi connectivity index (χ0) is 21.6. The Bertz CT molecular complexity index is 1270. The molecule has 0 saturated heterocycles. The number of hydrogen-bond acceptors (Lipinski definition) is 5. The molecule has 1 N–H and O–H groups in total. The number of carbonyl (C=O) groups excluding carboxylic acids is 1. The molecular weight excluding hydrogens is 393 g/mol. The number of pyridine rings is 3. The highest BCUT2D eigenvalue weighted by molar-refractivity contribution is 5.91. The maximum absolute atomic E-state index is 13.4. The summed E-state index contributed by atoms with van der Waals surface area (Å²) in [5.41, 5.74) is 3.80. The Hall–Kier alpha value is -4.44. The second-order valence-corrected chi connectivity index (χ2v) is 6.73. The molecule has 0 aliphatic heterocycles. The summed E-state index contributed by atoms with van der Waals surface area (Å²) in [6.45, 7) is 0. The lowest BCUT2D eigenvalue weighted by Crippen LogP contribution is -2.15. The van der Waals surface area contributed by atoms with Crippen molar-refractivity contribution in [2.24, 2.45) is 0 Å². The Morgan fingerprint density at radius 2 is 1.87 bits per heavy atom. The number of carbonyl (C=O) groups is 1. The van der Waals surface area contributed by atoms with Crippen molar-refractivity contribution in [3.63, 3.8) is 0 Å². The second-order valence-electron chi connectivity index (χ2n) is 6.73. The molecule has 6 nitrogen and oxygen atoms in total. The smallest absolute Gasteiger partial charge is 0.229 e. The number of hydrogen-bond donors (Lipinski definition) is 1. The van der Waals surface area contributed by atoms with E-state index in [4.69, 9.17) is 0 Å². The Morgan fingerprint density at radius 3 is 2.58 bits per heavy atom. The highest BCUT2D eigenvalue weighted by Gasteiger charge is 2.11. The molecule has 3 aromatic heterocycles. The monoisotopic (exact) mass is 409 g/mol. The molecule has 0 atom stereocenters. The number of amides is 1. The molecule has 0 aliphatic carbocycles. The molecule has 7 heteroatoms. The van der Waals surface area contributed by atoms with Crippen molar-refractivity contribution >= 4 is 11.7 Å². The van der Waals surface area contributed by atoms with Crippen LogP contribution in [0.2, 0.25) is 0 Å². The summed E-state index contributed by atoms with van der Waals surface area (Å²) >= 11 is 0. The van der Waals surface area contributed by atoms with Crippen LogP contribution in [0.25, 0.3) is 22.4 Å². The zero-order valence-electron chi connectivity index (χ0n) is 16.3. The average molecular weight is 409 g/mol. The molecule has 0 saturated carbocycles. The lowest BCUT2D eigenvalue weighted by Gasteiger charge is -2.08. The number of halogens is 1. The maximum Gasteiger partial charge on any atom is 0.229 e. The van der Waals surface area contributed by atoms with Crippen LogP contribution in [-0.2, 0) is 11.2 Å². The standard InChI is InChI=1S/C24H16FN5O/c25-22-13-17(8-10-28-22)20-6-4-16(11-19(20)14-26)12-24(31)30-23-7-5-18(15-29-23)21-3-1-2-9-27-21/h1-11,13,15H,12H2,(H,29,30,31). The van der Waals surface area contributed by atoms with Gasteiger partial charge in [-0.25, -0.2) is 9.97 Å². The number of nitrogens with zero attached hydrogens (tertiary/aromatic N) is 4. The second kappa shape index (κ2) is 8.93. The van der Waals surface area contributed by atoms with Gasteiger partial charge in [-0.15, -0.1) is 0 Å². The van der Waals surface area contributed by atoms with Gasteiger partial charge in [-0.2, -0.15) is 9.65 Å². The molecule has 0 radical (unpaired) electrons. The molecule has 4 aromatic rings. The van der Waals surface area contributed by atoms with Crippen molar-refractivity contribution < 1.29 is 9.18 Å². The number of benzene rings is 1. The highest BCUT2D eigenvalue weighted by Crippen LogP contribution is 2.25. The highest BCUT2D eigenvalue weighted by atomic mass is 19.1. The summed E-state index contributed by atoms with van der Waals surface area (Å²) in [4.78, 5) is 24.5. The van der Waals surface area contributed by atoms with Gasteiger partial charge in [0, 0.05) is 30.2 Å². The Morgan fingerprint density at radius 1 is 0.968 bits per heavy atom. The first-order valence-electron chi connectivity index (χ1n) is 9.44. The lowest BCUT2D eigenvalue weighted by molar-refractivity contribution is -0.115. The van der Waals surface area contributed by atoms with Crippen molar-refractivity contribution in [1.29, 1.82) is 5.26 Å².